The van der Waals surface area contributed by atoms with E-state index < -0.39 is 15.5 Å². The molecule has 0 spiro atoms. The van der Waals surface area contributed by atoms with Gasteiger partial charge >= 0.3 is 0 Å². The molecule has 0 radical (unpaired) electrons. The van der Waals surface area contributed by atoms with Crippen LogP contribution in [0.3, 0.4) is 0 Å². The molecule has 1 amide bonds. The van der Waals surface area contributed by atoms with Crippen LogP contribution in [0.4, 0.5) is 21.5 Å². The predicted octanol–water partition coefficient (Wildman–Crippen LogP) is 5.39. The first-order chi connectivity index (χ1) is 20.1. The molecule has 8 nitrogen and oxygen atoms in total. The summed E-state index contributed by atoms with van der Waals surface area (Å²) >= 11 is 0. The van der Waals surface area contributed by atoms with Gasteiger partial charge in [0.2, 0.25) is 0 Å². The Hall–Kier alpha value is -4.10. The van der Waals surface area contributed by atoms with E-state index >= 15 is 0 Å². The summed E-state index contributed by atoms with van der Waals surface area (Å²) in [6.45, 7) is 7.50. The Bertz CT molecular complexity index is 1640. The molecule has 2 fully saturated rings. The van der Waals surface area contributed by atoms with Crippen molar-refractivity contribution in [2.24, 2.45) is 0 Å². The van der Waals surface area contributed by atoms with E-state index in [9.17, 15) is 18.7 Å². The monoisotopic (exact) mass is 588 g/mol. The van der Waals surface area contributed by atoms with Gasteiger partial charge in [-0.15, -0.1) is 0 Å². The van der Waals surface area contributed by atoms with Crippen molar-refractivity contribution in [3.05, 3.63) is 82.7 Å². The number of carbonyl (C=O) groups is 1. The van der Waals surface area contributed by atoms with Crippen molar-refractivity contribution in [1.82, 2.24) is 4.90 Å². The first-order valence-corrected chi connectivity index (χ1v) is 16.2. The van der Waals surface area contributed by atoms with Gasteiger partial charge in [0.25, 0.3) is 5.91 Å². The normalized spacial score (nSPS) is 17.5. The summed E-state index contributed by atoms with van der Waals surface area (Å²) in [5, 5.41) is 13.2. The van der Waals surface area contributed by atoms with Crippen LogP contribution in [-0.2, 0) is 9.73 Å². The average Bonchev–Trinajstić information content (AvgIpc) is 2.98. The van der Waals surface area contributed by atoms with Gasteiger partial charge < -0.3 is 20.0 Å². The zero-order valence-electron chi connectivity index (χ0n) is 24.3. The van der Waals surface area contributed by atoms with E-state index in [0.29, 0.717) is 43.0 Å². The highest BCUT2D eigenvalue weighted by atomic mass is 32.2. The summed E-state index contributed by atoms with van der Waals surface area (Å²) in [5.74, 6) is -0.682. The van der Waals surface area contributed by atoms with Gasteiger partial charge in [-0.1, -0.05) is 24.3 Å². The van der Waals surface area contributed by atoms with E-state index in [4.69, 9.17) is 4.78 Å². The van der Waals surface area contributed by atoms with Crippen LogP contribution in [0.1, 0.15) is 39.9 Å². The Morgan fingerprint density at radius 3 is 2.26 bits per heavy atom. The van der Waals surface area contributed by atoms with Crippen molar-refractivity contribution in [2.75, 3.05) is 60.6 Å². The molecular formula is C32H37FN6O2S. The van der Waals surface area contributed by atoms with Crippen molar-refractivity contribution in [3.8, 4) is 6.07 Å². The van der Waals surface area contributed by atoms with Crippen LogP contribution in [0.5, 0.6) is 0 Å². The molecule has 5 rings (SSSR count). The van der Waals surface area contributed by atoms with Crippen LogP contribution in [0.15, 0.2) is 59.5 Å². The molecule has 2 N–H and O–H groups in total. The maximum Gasteiger partial charge on any atom is 0.254 e. The Kier molecular flexibility index (Phi) is 8.41. The quantitative estimate of drug-likeness (QED) is 0.400. The average molecular weight is 589 g/mol. The van der Waals surface area contributed by atoms with Gasteiger partial charge in [0, 0.05) is 62.8 Å². The number of rotatable bonds is 6. The van der Waals surface area contributed by atoms with E-state index in [-0.39, 0.29) is 16.8 Å². The Morgan fingerprint density at radius 1 is 0.952 bits per heavy atom. The molecule has 2 heterocycles. The number of nitrogens with one attached hydrogen (secondary N) is 2. The number of piperidine rings is 1. The first kappa shape index (κ1) is 29.4. The van der Waals surface area contributed by atoms with E-state index in [1.165, 1.54) is 12.3 Å². The molecule has 0 saturated carbocycles. The molecule has 0 unspecified atom stereocenters. The molecule has 42 heavy (non-hydrogen) atoms. The number of carbonyl (C=O) groups excluding carboxylic acids is 1. The lowest BCUT2D eigenvalue weighted by Gasteiger charge is -2.37. The minimum absolute atomic E-state index is 0.0441. The first-order valence-electron chi connectivity index (χ1n) is 14.2. The predicted molar refractivity (Wildman–Crippen MR) is 165 cm³/mol. The van der Waals surface area contributed by atoms with E-state index in [0.717, 1.165) is 48.4 Å². The van der Waals surface area contributed by atoms with E-state index in [1.807, 2.05) is 47.1 Å². The number of piperazine rings is 1. The second-order valence-corrected chi connectivity index (χ2v) is 13.3. The van der Waals surface area contributed by atoms with Crippen molar-refractivity contribution in [1.29, 1.82) is 10.0 Å². The molecule has 0 aliphatic carbocycles. The number of nitrogens with zero attached hydrogens (tertiary/aromatic N) is 4. The molecule has 3 aromatic rings. The second kappa shape index (κ2) is 12.0. The van der Waals surface area contributed by atoms with Crippen molar-refractivity contribution in [2.45, 2.75) is 37.6 Å². The summed E-state index contributed by atoms with van der Waals surface area (Å²) in [7, 11) is -3.25. The maximum atomic E-state index is 14.5. The maximum absolute atomic E-state index is 14.5. The lowest BCUT2D eigenvalue weighted by molar-refractivity contribution is 0.0746. The molecule has 2 saturated heterocycles. The van der Waals surface area contributed by atoms with Gasteiger partial charge in [-0.3, -0.25) is 4.79 Å². The van der Waals surface area contributed by atoms with Crippen LogP contribution in [0.25, 0.3) is 0 Å². The zero-order chi connectivity index (χ0) is 30.0. The third-order valence-corrected chi connectivity index (χ3v) is 9.45. The fraction of sp³-hybridized carbons (Fsp3) is 0.375. The zero-order valence-corrected chi connectivity index (χ0v) is 25.1. The number of halogens is 1. The lowest BCUT2D eigenvalue weighted by atomic mass is 9.99. The van der Waals surface area contributed by atoms with Crippen LogP contribution in [-0.4, -0.2) is 66.6 Å². The Labute approximate surface area is 247 Å². The number of hydrogen-bond donors (Lipinski definition) is 2. The third-order valence-electron chi connectivity index (χ3n) is 8.26. The minimum atomic E-state index is -3.25. The van der Waals surface area contributed by atoms with E-state index in [2.05, 4.69) is 29.3 Å². The van der Waals surface area contributed by atoms with Crippen molar-refractivity contribution >= 4 is 32.7 Å². The number of aryl methyl sites for hydroxylation is 2. The van der Waals surface area contributed by atoms with Crippen LogP contribution in [0.2, 0.25) is 0 Å². The Balaban J connectivity index is 1.25. The number of nitriles is 1. The largest absolute Gasteiger partial charge is 0.382 e. The van der Waals surface area contributed by atoms with Crippen molar-refractivity contribution < 1.29 is 13.4 Å². The van der Waals surface area contributed by atoms with Crippen LogP contribution >= 0.6 is 0 Å². The molecule has 0 bridgehead atoms. The molecule has 2 aliphatic rings. The van der Waals surface area contributed by atoms with Gasteiger partial charge in [0.1, 0.15) is 16.8 Å². The standard InChI is InChI=1S/C32H37FN6O2S/c1-22-19-23(2)28(36-25-11-13-37(14-12-25)29-9-5-4-7-24(29)21-34)20-26(22)32(40)39-17-15-38(16-18-39)30-10-6-8-27(33)31(30)42(3,35)41/h4-10,19-20,25,35-36H,11-18H2,1-3H3/t42-/m1/s1. The molecular weight excluding hydrogens is 551 g/mol. The van der Waals surface area contributed by atoms with Gasteiger partial charge in [-0.2, -0.15) is 5.26 Å². The molecule has 0 aromatic heterocycles. The van der Waals surface area contributed by atoms with E-state index in [1.54, 1.807) is 12.1 Å². The third kappa shape index (κ3) is 6.07. The van der Waals surface area contributed by atoms with Gasteiger partial charge in [-0.25, -0.2) is 13.4 Å². The SMILES string of the molecule is Cc1cc(C)c(C(=O)N2CCN(c3cccc(F)c3[S@](C)(=N)=O)CC2)cc1NC1CCN(c2ccccc2C#N)CC1. The highest BCUT2D eigenvalue weighted by molar-refractivity contribution is 7.91. The van der Waals surface area contributed by atoms with Gasteiger partial charge in [0.05, 0.1) is 26.7 Å². The minimum Gasteiger partial charge on any atom is -0.382 e. The summed E-state index contributed by atoms with van der Waals surface area (Å²) in [5.41, 5.74) is 5.76. The summed E-state index contributed by atoms with van der Waals surface area (Å²) in [6.07, 6.45) is 3.07. The number of benzene rings is 3. The number of para-hydroxylation sites is 1. The fourth-order valence-corrected chi connectivity index (χ4v) is 7.06. The van der Waals surface area contributed by atoms with Gasteiger partial charge in [-0.05, 0) is 68.1 Å². The molecule has 3 aromatic carbocycles. The van der Waals surface area contributed by atoms with Crippen molar-refractivity contribution in [3.63, 3.8) is 0 Å². The number of hydrogen-bond acceptors (Lipinski definition) is 7. The topological polar surface area (TPSA) is 104 Å². The smallest absolute Gasteiger partial charge is 0.254 e. The molecule has 2 aliphatic heterocycles. The second-order valence-electron chi connectivity index (χ2n) is 11.2. The molecule has 10 heteroatoms. The van der Waals surface area contributed by atoms with Crippen LogP contribution < -0.4 is 15.1 Å². The lowest BCUT2D eigenvalue weighted by Crippen LogP contribution is -2.49. The fourth-order valence-electron chi connectivity index (χ4n) is 6.02. The number of amides is 1. The summed E-state index contributed by atoms with van der Waals surface area (Å²) < 4.78 is 35.0. The number of anilines is 3. The van der Waals surface area contributed by atoms with Gasteiger partial charge in [0.15, 0.2) is 0 Å². The Morgan fingerprint density at radius 2 is 1.60 bits per heavy atom. The summed E-state index contributed by atoms with van der Waals surface area (Å²) in [6, 6.07) is 18.8. The molecule has 220 valence electrons. The highest BCUT2D eigenvalue weighted by Gasteiger charge is 2.28. The van der Waals surface area contributed by atoms with Crippen LogP contribution in [0, 0.1) is 35.8 Å². The molecule has 1 atom stereocenters. The summed E-state index contributed by atoms with van der Waals surface area (Å²) in [4.78, 5) is 19.6. The highest BCUT2D eigenvalue weighted by Crippen LogP contribution is 2.31.